The Morgan fingerprint density at radius 1 is 1.53 bits per heavy atom. The molecule has 0 radical (unpaired) electrons. The highest BCUT2D eigenvalue weighted by molar-refractivity contribution is 9.10. The summed E-state index contributed by atoms with van der Waals surface area (Å²) in [6.07, 6.45) is 2.01. The van der Waals surface area contributed by atoms with Gasteiger partial charge in [0.15, 0.2) is 0 Å². The lowest BCUT2D eigenvalue weighted by Crippen LogP contribution is -2.14. The highest BCUT2D eigenvalue weighted by Crippen LogP contribution is 2.33. The first kappa shape index (κ1) is 10.5. The third kappa shape index (κ3) is 2.31. The maximum Gasteiger partial charge on any atom is 0.227 e. The standard InChI is InChI=1S/C11H13BrN2O/c1-6-4-8(12)10(5-9(6)13)14-11(15)7-2-3-7/h4-5,7H,2-3,13H2,1H3,(H,14,15). The molecule has 0 saturated heterocycles. The molecule has 80 valence electrons. The Balaban J connectivity index is 2.20. The van der Waals surface area contributed by atoms with E-state index in [1.165, 1.54) is 0 Å². The number of anilines is 2. The second-order valence-corrected chi connectivity index (χ2v) is 4.81. The Hall–Kier alpha value is -1.03. The number of nitrogen functional groups attached to an aromatic ring is 1. The fourth-order valence-corrected chi connectivity index (χ4v) is 1.92. The van der Waals surface area contributed by atoms with Crippen LogP contribution in [0, 0.1) is 12.8 Å². The summed E-state index contributed by atoms with van der Waals surface area (Å²) in [5.41, 5.74) is 8.25. The van der Waals surface area contributed by atoms with Crippen LogP contribution in [0.4, 0.5) is 11.4 Å². The maximum atomic E-state index is 11.6. The van der Waals surface area contributed by atoms with Crippen molar-refractivity contribution in [3.05, 3.63) is 22.2 Å². The molecule has 1 aromatic carbocycles. The third-order valence-corrected chi connectivity index (χ3v) is 3.22. The number of rotatable bonds is 2. The SMILES string of the molecule is Cc1cc(Br)c(NC(=O)C2CC2)cc1N. The normalized spacial score (nSPS) is 15.1. The van der Waals surface area contributed by atoms with Crippen molar-refractivity contribution in [3.8, 4) is 0 Å². The van der Waals surface area contributed by atoms with Crippen molar-refractivity contribution in [1.82, 2.24) is 0 Å². The average Bonchev–Trinajstić information content (AvgIpc) is 2.97. The Morgan fingerprint density at radius 2 is 2.20 bits per heavy atom. The van der Waals surface area contributed by atoms with E-state index in [4.69, 9.17) is 5.73 Å². The van der Waals surface area contributed by atoms with Crippen molar-refractivity contribution in [1.29, 1.82) is 0 Å². The van der Waals surface area contributed by atoms with E-state index in [2.05, 4.69) is 21.2 Å². The monoisotopic (exact) mass is 268 g/mol. The Morgan fingerprint density at radius 3 is 2.80 bits per heavy atom. The van der Waals surface area contributed by atoms with Crippen LogP contribution in [0.2, 0.25) is 0 Å². The summed E-state index contributed by atoms with van der Waals surface area (Å²) >= 11 is 3.41. The molecule has 3 N–H and O–H groups in total. The molecule has 0 bridgehead atoms. The minimum atomic E-state index is 0.0963. The van der Waals surface area contributed by atoms with Gasteiger partial charge >= 0.3 is 0 Å². The van der Waals surface area contributed by atoms with E-state index in [0.29, 0.717) is 5.69 Å². The number of carbonyl (C=O) groups is 1. The molecule has 1 saturated carbocycles. The summed E-state index contributed by atoms with van der Waals surface area (Å²) in [4.78, 5) is 11.6. The lowest BCUT2D eigenvalue weighted by molar-refractivity contribution is -0.117. The molecule has 4 heteroatoms. The Kier molecular flexibility index (Phi) is 2.69. The number of hydrogen-bond donors (Lipinski definition) is 2. The van der Waals surface area contributed by atoms with Crippen molar-refractivity contribution in [3.63, 3.8) is 0 Å². The molecule has 0 aliphatic heterocycles. The fraction of sp³-hybridized carbons (Fsp3) is 0.364. The molecule has 1 amide bonds. The smallest absolute Gasteiger partial charge is 0.227 e. The molecular weight excluding hydrogens is 256 g/mol. The van der Waals surface area contributed by atoms with Gasteiger partial charge in [0.25, 0.3) is 0 Å². The van der Waals surface area contributed by atoms with Gasteiger partial charge in [-0.25, -0.2) is 0 Å². The van der Waals surface area contributed by atoms with Crippen LogP contribution < -0.4 is 11.1 Å². The Bertz CT molecular complexity index is 413. The van der Waals surface area contributed by atoms with Crippen LogP contribution in [0.5, 0.6) is 0 Å². The van der Waals surface area contributed by atoms with Crippen LogP contribution in [-0.2, 0) is 4.79 Å². The topological polar surface area (TPSA) is 55.1 Å². The zero-order valence-corrected chi connectivity index (χ0v) is 10.1. The van der Waals surface area contributed by atoms with Gasteiger partial charge in [-0.2, -0.15) is 0 Å². The predicted octanol–water partition coefficient (Wildman–Crippen LogP) is 2.69. The number of aryl methyl sites for hydroxylation is 1. The summed E-state index contributed by atoms with van der Waals surface area (Å²) in [6.45, 7) is 1.94. The summed E-state index contributed by atoms with van der Waals surface area (Å²) in [7, 11) is 0. The molecule has 1 aliphatic carbocycles. The number of amides is 1. The highest BCUT2D eigenvalue weighted by atomic mass is 79.9. The molecule has 0 aromatic heterocycles. The first-order valence-electron chi connectivity index (χ1n) is 4.94. The largest absolute Gasteiger partial charge is 0.398 e. The van der Waals surface area contributed by atoms with E-state index in [9.17, 15) is 4.79 Å². The molecular formula is C11H13BrN2O. The van der Waals surface area contributed by atoms with Crippen molar-refractivity contribution >= 4 is 33.2 Å². The molecule has 1 aromatic rings. The van der Waals surface area contributed by atoms with E-state index in [1.54, 1.807) is 6.07 Å². The number of carbonyl (C=O) groups excluding carboxylic acids is 1. The molecule has 0 heterocycles. The van der Waals surface area contributed by atoms with Gasteiger partial charge in [-0.1, -0.05) is 0 Å². The lowest BCUT2D eigenvalue weighted by atomic mass is 10.2. The second-order valence-electron chi connectivity index (χ2n) is 3.95. The van der Waals surface area contributed by atoms with Crippen molar-refractivity contribution in [2.24, 2.45) is 5.92 Å². The summed E-state index contributed by atoms with van der Waals surface area (Å²) in [6, 6.07) is 3.71. The Labute approximate surface area is 97.2 Å². The molecule has 2 rings (SSSR count). The van der Waals surface area contributed by atoms with Crippen molar-refractivity contribution in [2.75, 3.05) is 11.1 Å². The highest BCUT2D eigenvalue weighted by Gasteiger charge is 2.29. The van der Waals surface area contributed by atoms with Crippen LogP contribution in [0.25, 0.3) is 0 Å². The summed E-state index contributed by atoms with van der Waals surface area (Å²) in [5.74, 6) is 0.304. The zero-order chi connectivity index (χ0) is 11.0. The van der Waals surface area contributed by atoms with Gasteiger partial charge < -0.3 is 11.1 Å². The minimum absolute atomic E-state index is 0.0963. The van der Waals surface area contributed by atoms with E-state index in [-0.39, 0.29) is 11.8 Å². The molecule has 0 spiro atoms. The quantitative estimate of drug-likeness (QED) is 0.811. The fourth-order valence-electron chi connectivity index (χ4n) is 1.37. The molecule has 0 atom stereocenters. The number of halogens is 1. The van der Waals surface area contributed by atoms with Crippen LogP contribution in [0.15, 0.2) is 16.6 Å². The minimum Gasteiger partial charge on any atom is -0.398 e. The van der Waals surface area contributed by atoms with Gasteiger partial charge in [0, 0.05) is 16.1 Å². The summed E-state index contributed by atoms with van der Waals surface area (Å²) < 4.78 is 0.878. The van der Waals surface area contributed by atoms with Gasteiger partial charge in [0.2, 0.25) is 5.91 Å². The molecule has 1 aliphatic rings. The predicted molar refractivity (Wildman–Crippen MR) is 64.6 cm³/mol. The first-order chi connectivity index (χ1) is 7.08. The lowest BCUT2D eigenvalue weighted by Gasteiger charge is -2.09. The van der Waals surface area contributed by atoms with Crippen molar-refractivity contribution < 1.29 is 4.79 Å². The van der Waals surface area contributed by atoms with Crippen LogP contribution in [0.3, 0.4) is 0 Å². The molecule has 1 fully saturated rings. The first-order valence-corrected chi connectivity index (χ1v) is 5.73. The van der Waals surface area contributed by atoms with Gasteiger partial charge in [-0.05, 0) is 53.4 Å². The van der Waals surface area contributed by atoms with Crippen LogP contribution >= 0.6 is 15.9 Å². The van der Waals surface area contributed by atoms with Gasteiger partial charge in [0.05, 0.1) is 5.69 Å². The number of nitrogens with two attached hydrogens (primary N) is 1. The number of hydrogen-bond acceptors (Lipinski definition) is 2. The maximum absolute atomic E-state index is 11.6. The third-order valence-electron chi connectivity index (χ3n) is 2.56. The van der Waals surface area contributed by atoms with E-state index < -0.39 is 0 Å². The van der Waals surface area contributed by atoms with E-state index in [1.807, 2.05) is 13.0 Å². The van der Waals surface area contributed by atoms with Gasteiger partial charge in [0.1, 0.15) is 0 Å². The van der Waals surface area contributed by atoms with Crippen LogP contribution in [-0.4, -0.2) is 5.91 Å². The average molecular weight is 269 g/mol. The summed E-state index contributed by atoms with van der Waals surface area (Å²) in [5, 5.41) is 2.87. The number of nitrogens with one attached hydrogen (secondary N) is 1. The molecule has 3 nitrogen and oxygen atoms in total. The van der Waals surface area contributed by atoms with Gasteiger partial charge in [-0.3, -0.25) is 4.79 Å². The van der Waals surface area contributed by atoms with Crippen molar-refractivity contribution in [2.45, 2.75) is 19.8 Å². The van der Waals surface area contributed by atoms with E-state index in [0.717, 1.165) is 28.6 Å². The molecule has 15 heavy (non-hydrogen) atoms. The zero-order valence-electron chi connectivity index (χ0n) is 8.51. The van der Waals surface area contributed by atoms with Crippen LogP contribution in [0.1, 0.15) is 18.4 Å². The van der Waals surface area contributed by atoms with E-state index >= 15 is 0 Å². The molecule has 0 unspecified atom stereocenters. The second kappa shape index (κ2) is 3.85. The van der Waals surface area contributed by atoms with Gasteiger partial charge in [-0.15, -0.1) is 0 Å². The number of benzene rings is 1.